The van der Waals surface area contributed by atoms with Crippen LogP contribution in [0.2, 0.25) is 0 Å². The molecule has 1 aliphatic carbocycles. The summed E-state index contributed by atoms with van der Waals surface area (Å²) in [6, 6.07) is 6.14. The number of carbonyl (C=O) groups is 1. The van der Waals surface area contributed by atoms with Gasteiger partial charge in [-0.15, -0.1) is 0 Å². The Morgan fingerprint density at radius 2 is 2.20 bits per heavy atom. The first kappa shape index (κ1) is 10.5. The molecule has 0 amide bonds. The number of fused-ring (bicyclic) bond motifs is 1. The van der Waals surface area contributed by atoms with E-state index in [1.807, 2.05) is 18.2 Å². The highest BCUT2D eigenvalue weighted by Gasteiger charge is 2.16. The van der Waals surface area contributed by atoms with Gasteiger partial charge in [0.25, 0.3) is 0 Å². The van der Waals surface area contributed by atoms with Crippen molar-refractivity contribution in [2.24, 2.45) is 0 Å². The highest BCUT2D eigenvalue weighted by Crippen LogP contribution is 2.22. The zero-order valence-corrected chi connectivity index (χ0v) is 9.47. The standard InChI is InChI=1S/C13H14OS/c14-13-5-1-4-11-7-6-10(3-2-8-15)9-12(11)13/h2-3,6-7,9,15H,1,4-5,8H2. The van der Waals surface area contributed by atoms with Crippen molar-refractivity contribution in [2.45, 2.75) is 19.3 Å². The highest BCUT2D eigenvalue weighted by atomic mass is 32.1. The summed E-state index contributed by atoms with van der Waals surface area (Å²) in [5.74, 6) is 1.02. The second kappa shape index (κ2) is 4.67. The summed E-state index contributed by atoms with van der Waals surface area (Å²) in [4.78, 5) is 11.7. The summed E-state index contributed by atoms with van der Waals surface area (Å²) < 4.78 is 0. The molecule has 15 heavy (non-hydrogen) atoms. The predicted molar refractivity (Wildman–Crippen MR) is 66.6 cm³/mol. The van der Waals surface area contributed by atoms with Crippen LogP contribution in [0.15, 0.2) is 24.3 Å². The van der Waals surface area contributed by atoms with Crippen LogP contribution in [0, 0.1) is 0 Å². The molecule has 1 aliphatic rings. The van der Waals surface area contributed by atoms with Crippen LogP contribution in [0.1, 0.15) is 34.3 Å². The summed E-state index contributed by atoms with van der Waals surface area (Å²) in [6.45, 7) is 0. The number of thiol groups is 1. The fraction of sp³-hybridized carbons (Fsp3) is 0.308. The molecule has 0 aliphatic heterocycles. The number of Topliss-reactive ketones (excluding diaryl/α,β-unsaturated/α-hetero) is 1. The van der Waals surface area contributed by atoms with E-state index in [-0.39, 0.29) is 5.78 Å². The van der Waals surface area contributed by atoms with Crippen molar-refractivity contribution in [3.63, 3.8) is 0 Å². The Bertz CT molecular complexity index is 407. The van der Waals surface area contributed by atoms with Gasteiger partial charge in [-0.1, -0.05) is 24.3 Å². The lowest BCUT2D eigenvalue weighted by atomic mass is 9.89. The van der Waals surface area contributed by atoms with Gasteiger partial charge >= 0.3 is 0 Å². The number of ketones is 1. The fourth-order valence-corrected chi connectivity index (χ4v) is 2.04. The van der Waals surface area contributed by atoms with E-state index in [4.69, 9.17) is 0 Å². The molecule has 0 spiro atoms. The maximum Gasteiger partial charge on any atom is 0.163 e. The van der Waals surface area contributed by atoms with Crippen LogP contribution in [0.25, 0.3) is 6.08 Å². The van der Waals surface area contributed by atoms with Gasteiger partial charge in [0.15, 0.2) is 5.78 Å². The summed E-state index contributed by atoms with van der Waals surface area (Å²) in [5, 5.41) is 0. The van der Waals surface area contributed by atoms with Gasteiger partial charge in [-0.25, -0.2) is 0 Å². The molecule has 1 aromatic carbocycles. The molecule has 0 heterocycles. The average molecular weight is 218 g/mol. The van der Waals surface area contributed by atoms with Crippen molar-refractivity contribution in [2.75, 3.05) is 5.75 Å². The molecule has 0 N–H and O–H groups in total. The largest absolute Gasteiger partial charge is 0.294 e. The third-order valence-corrected chi connectivity index (χ3v) is 2.91. The van der Waals surface area contributed by atoms with Crippen molar-refractivity contribution in [1.82, 2.24) is 0 Å². The Morgan fingerprint density at radius 1 is 1.33 bits per heavy atom. The molecule has 0 fully saturated rings. The van der Waals surface area contributed by atoms with E-state index in [1.54, 1.807) is 0 Å². The van der Waals surface area contributed by atoms with Gasteiger partial charge in [-0.05, 0) is 30.0 Å². The Kier molecular flexibility index (Phi) is 3.27. The first-order valence-corrected chi connectivity index (χ1v) is 5.88. The Hall–Kier alpha value is -1.02. The molecule has 0 radical (unpaired) electrons. The highest BCUT2D eigenvalue weighted by molar-refractivity contribution is 7.80. The van der Waals surface area contributed by atoms with E-state index in [0.29, 0.717) is 6.42 Å². The molecule has 2 heteroatoms. The number of benzene rings is 1. The van der Waals surface area contributed by atoms with E-state index in [9.17, 15) is 4.79 Å². The summed E-state index contributed by atoms with van der Waals surface area (Å²) >= 11 is 4.11. The van der Waals surface area contributed by atoms with E-state index < -0.39 is 0 Å². The first-order valence-electron chi connectivity index (χ1n) is 5.25. The molecular weight excluding hydrogens is 204 g/mol. The van der Waals surface area contributed by atoms with Crippen LogP contribution in [0.5, 0.6) is 0 Å². The number of carbonyl (C=O) groups excluding carboxylic acids is 1. The molecule has 0 atom stereocenters. The molecule has 78 valence electrons. The Balaban J connectivity index is 2.35. The second-order valence-corrected chi connectivity index (χ2v) is 4.14. The molecule has 0 unspecified atom stereocenters. The van der Waals surface area contributed by atoms with Crippen molar-refractivity contribution in [3.8, 4) is 0 Å². The summed E-state index contributed by atoms with van der Waals surface area (Å²) in [5.41, 5.74) is 3.22. The molecule has 0 bridgehead atoms. The van der Waals surface area contributed by atoms with Crippen molar-refractivity contribution < 1.29 is 4.79 Å². The van der Waals surface area contributed by atoms with Gasteiger partial charge in [-0.3, -0.25) is 4.79 Å². The lowest BCUT2D eigenvalue weighted by molar-refractivity contribution is 0.0972. The summed E-state index contributed by atoms with van der Waals surface area (Å²) in [7, 11) is 0. The predicted octanol–water partition coefficient (Wildman–Crippen LogP) is 3.15. The SMILES string of the molecule is O=C1CCCc2ccc(C=CCS)cc21. The van der Waals surface area contributed by atoms with Crippen LogP contribution in [0.4, 0.5) is 0 Å². The maximum atomic E-state index is 11.7. The van der Waals surface area contributed by atoms with Gasteiger partial charge in [0.1, 0.15) is 0 Å². The molecule has 0 aromatic heterocycles. The van der Waals surface area contributed by atoms with Gasteiger partial charge in [0.05, 0.1) is 0 Å². The smallest absolute Gasteiger partial charge is 0.163 e. The van der Waals surface area contributed by atoms with Crippen LogP contribution < -0.4 is 0 Å². The monoisotopic (exact) mass is 218 g/mol. The Labute approximate surface area is 95.6 Å². The summed E-state index contributed by atoms with van der Waals surface area (Å²) in [6.07, 6.45) is 6.73. The van der Waals surface area contributed by atoms with Crippen LogP contribution in [-0.4, -0.2) is 11.5 Å². The molecule has 1 aromatic rings. The first-order chi connectivity index (χ1) is 7.31. The van der Waals surface area contributed by atoms with Gasteiger partial charge in [-0.2, -0.15) is 12.6 Å². The van der Waals surface area contributed by atoms with Crippen LogP contribution >= 0.6 is 12.6 Å². The Morgan fingerprint density at radius 3 is 3.00 bits per heavy atom. The number of aryl methyl sites for hydroxylation is 1. The zero-order valence-electron chi connectivity index (χ0n) is 8.57. The third-order valence-electron chi connectivity index (χ3n) is 2.70. The second-order valence-electron chi connectivity index (χ2n) is 3.78. The average Bonchev–Trinajstić information content (AvgIpc) is 2.27. The molecule has 0 saturated heterocycles. The molecule has 1 nitrogen and oxygen atoms in total. The van der Waals surface area contributed by atoms with Gasteiger partial charge < -0.3 is 0 Å². The fourth-order valence-electron chi connectivity index (χ4n) is 1.94. The third kappa shape index (κ3) is 2.32. The quantitative estimate of drug-likeness (QED) is 0.755. The zero-order chi connectivity index (χ0) is 10.7. The van der Waals surface area contributed by atoms with Crippen molar-refractivity contribution in [3.05, 3.63) is 41.0 Å². The van der Waals surface area contributed by atoms with Crippen LogP contribution in [0.3, 0.4) is 0 Å². The molecular formula is C13H14OS. The lowest BCUT2D eigenvalue weighted by Crippen LogP contribution is -2.10. The lowest BCUT2D eigenvalue weighted by Gasteiger charge is -2.14. The normalized spacial score (nSPS) is 15.7. The van der Waals surface area contributed by atoms with E-state index in [0.717, 1.165) is 29.7 Å². The van der Waals surface area contributed by atoms with E-state index in [2.05, 4.69) is 24.8 Å². The number of rotatable bonds is 2. The minimum Gasteiger partial charge on any atom is -0.294 e. The van der Waals surface area contributed by atoms with Crippen molar-refractivity contribution in [1.29, 1.82) is 0 Å². The van der Waals surface area contributed by atoms with Gasteiger partial charge in [0.2, 0.25) is 0 Å². The number of hydrogen-bond donors (Lipinski definition) is 1. The number of hydrogen-bond acceptors (Lipinski definition) is 2. The van der Waals surface area contributed by atoms with E-state index in [1.165, 1.54) is 5.56 Å². The van der Waals surface area contributed by atoms with Crippen LogP contribution in [-0.2, 0) is 6.42 Å². The van der Waals surface area contributed by atoms with Gasteiger partial charge in [0, 0.05) is 17.7 Å². The molecule has 2 rings (SSSR count). The topological polar surface area (TPSA) is 17.1 Å². The maximum absolute atomic E-state index is 11.7. The minimum atomic E-state index is 0.289. The van der Waals surface area contributed by atoms with E-state index >= 15 is 0 Å². The van der Waals surface area contributed by atoms with Crippen molar-refractivity contribution >= 4 is 24.5 Å². The minimum absolute atomic E-state index is 0.289. The molecule has 0 saturated carbocycles.